The Morgan fingerprint density at radius 1 is 1.60 bits per heavy atom. The summed E-state index contributed by atoms with van der Waals surface area (Å²) in [6.07, 6.45) is 1.77. The largest absolute Gasteiger partial charge is 0.281 e. The van der Waals surface area contributed by atoms with Crippen molar-refractivity contribution in [2.24, 2.45) is 9.36 Å². The molecule has 2 unspecified atom stereocenters. The first-order valence-corrected chi connectivity index (χ1v) is 6.54. The monoisotopic (exact) mass is 241 g/mol. The van der Waals surface area contributed by atoms with Crippen molar-refractivity contribution in [1.82, 2.24) is 4.98 Å². The van der Waals surface area contributed by atoms with Gasteiger partial charge >= 0.3 is 0 Å². The fraction of sp³-hybridized carbons (Fsp3) is 0.400. The van der Waals surface area contributed by atoms with E-state index >= 15 is 0 Å². The van der Waals surface area contributed by atoms with Gasteiger partial charge < -0.3 is 0 Å². The number of hydrogen-bond acceptors (Lipinski definition) is 3. The van der Waals surface area contributed by atoms with E-state index in [9.17, 15) is 0 Å². The lowest BCUT2D eigenvalue weighted by atomic mass is 10.3. The molecular formula is C10H12ClN3S. The SMILES string of the molecule is CC1CS(=NCc2ccc(Cl)nc2)C=N1. The number of aliphatic imine (C=N–C) groups is 1. The fourth-order valence-electron chi connectivity index (χ4n) is 1.25. The molecule has 2 atom stereocenters. The number of hydrogen-bond donors (Lipinski definition) is 0. The van der Waals surface area contributed by atoms with E-state index in [4.69, 9.17) is 11.6 Å². The van der Waals surface area contributed by atoms with Gasteiger partial charge in [0.15, 0.2) is 0 Å². The molecular weight excluding hydrogens is 230 g/mol. The Labute approximate surface area is 96.7 Å². The zero-order valence-corrected chi connectivity index (χ0v) is 10.0. The Hall–Kier alpha value is -0.740. The maximum absolute atomic E-state index is 5.70. The summed E-state index contributed by atoms with van der Waals surface area (Å²) in [6, 6.07) is 4.18. The first-order chi connectivity index (χ1) is 7.24. The van der Waals surface area contributed by atoms with Crippen LogP contribution in [0.3, 0.4) is 0 Å². The van der Waals surface area contributed by atoms with Crippen LogP contribution in [0.25, 0.3) is 0 Å². The van der Waals surface area contributed by atoms with E-state index in [0.29, 0.717) is 17.7 Å². The molecule has 80 valence electrons. The van der Waals surface area contributed by atoms with Crippen LogP contribution >= 0.6 is 11.6 Å². The average molecular weight is 242 g/mol. The quantitative estimate of drug-likeness (QED) is 0.733. The maximum atomic E-state index is 5.70. The van der Waals surface area contributed by atoms with Gasteiger partial charge in [-0.05, 0) is 18.6 Å². The summed E-state index contributed by atoms with van der Waals surface area (Å²) in [7, 11) is 0.00934. The summed E-state index contributed by atoms with van der Waals surface area (Å²) < 4.78 is 4.57. The molecule has 0 radical (unpaired) electrons. The third-order valence-corrected chi connectivity index (χ3v) is 3.92. The minimum absolute atomic E-state index is 0.00934. The summed E-state index contributed by atoms with van der Waals surface area (Å²) >= 11 is 5.70. The fourth-order valence-corrected chi connectivity index (χ4v) is 2.86. The summed E-state index contributed by atoms with van der Waals surface area (Å²) in [5, 5.41) is 0.525. The Morgan fingerprint density at radius 2 is 2.47 bits per heavy atom. The lowest BCUT2D eigenvalue weighted by Crippen LogP contribution is -2.01. The van der Waals surface area contributed by atoms with Crippen molar-refractivity contribution in [2.75, 3.05) is 5.75 Å². The van der Waals surface area contributed by atoms with Crippen molar-refractivity contribution in [3.63, 3.8) is 0 Å². The summed E-state index contributed by atoms with van der Waals surface area (Å²) in [6.45, 7) is 2.81. The van der Waals surface area contributed by atoms with Crippen LogP contribution in [0.15, 0.2) is 27.7 Å². The molecule has 3 nitrogen and oxygen atoms in total. The molecule has 0 amide bonds. The van der Waals surface area contributed by atoms with Crippen LogP contribution in [0.2, 0.25) is 5.15 Å². The highest BCUT2D eigenvalue weighted by atomic mass is 35.5. The van der Waals surface area contributed by atoms with Gasteiger partial charge in [0.1, 0.15) is 5.15 Å². The predicted molar refractivity (Wildman–Crippen MR) is 65.6 cm³/mol. The van der Waals surface area contributed by atoms with Gasteiger partial charge in [0.2, 0.25) is 0 Å². The molecule has 1 aliphatic rings. The van der Waals surface area contributed by atoms with Crippen LogP contribution in [0.5, 0.6) is 0 Å². The lowest BCUT2D eigenvalue weighted by molar-refractivity contribution is 0.865. The topological polar surface area (TPSA) is 37.6 Å². The van der Waals surface area contributed by atoms with E-state index in [-0.39, 0.29) is 10.7 Å². The molecule has 1 aromatic rings. The van der Waals surface area contributed by atoms with E-state index < -0.39 is 0 Å². The summed E-state index contributed by atoms with van der Waals surface area (Å²) in [5.74, 6) is 1.06. The summed E-state index contributed by atoms with van der Waals surface area (Å²) in [5.41, 5.74) is 3.06. The molecule has 0 N–H and O–H groups in total. The van der Waals surface area contributed by atoms with Gasteiger partial charge in [0, 0.05) is 11.9 Å². The number of halogens is 1. The molecule has 5 heteroatoms. The normalized spacial score (nSPS) is 24.9. The van der Waals surface area contributed by atoms with Crippen molar-refractivity contribution in [3.05, 3.63) is 29.0 Å². The van der Waals surface area contributed by atoms with E-state index in [1.807, 2.05) is 11.6 Å². The first-order valence-electron chi connectivity index (χ1n) is 4.75. The molecule has 0 spiro atoms. The second kappa shape index (κ2) is 4.86. The van der Waals surface area contributed by atoms with Crippen LogP contribution in [0.4, 0.5) is 0 Å². The standard InChI is InChI=1S/C10H12ClN3S/c1-8-6-15(7-13-8)14-5-9-2-3-10(11)12-4-9/h2-4,7-8H,5-6H2,1H3. The van der Waals surface area contributed by atoms with Gasteiger partial charge in [-0.2, -0.15) is 0 Å². The van der Waals surface area contributed by atoms with Crippen molar-refractivity contribution in [3.8, 4) is 0 Å². The number of aromatic nitrogens is 1. The molecule has 2 heterocycles. The molecule has 0 aliphatic carbocycles. The minimum atomic E-state index is 0.00934. The highest BCUT2D eigenvalue weighted by Crippen LogP contribution is 2.09. The number of rotatable bonds is 2. The van der Waals surface area contributed by atoms with Crippen LogP contribution in [-0.2, 0) is 17.2 Å². The Bertz CT molecular complexity index is 400. The van der Waals surface area contributed by atoms with Crippen molar-refractivity contribution in [1.29, 1.82) is 0 Å². The van der Waals surface area contributed by atoms with Crippen molar-refractivity contribution in [2.45, 2.75) is 19.5 Å². The first kappa shape index (κ1) is 10.8. The summed E-state index contributed by atoms with van der Waals surface area (Å²) in [4.78, 5) is 8.31. The molecule has 0 bridgehead atoms. The average Bonchev–Trinajstić information content (AvgIpc) is 2.64. The Kier molecular flexibility index (Phi) is 3.49. The Balaban J connectivity index is 1.99. The maximum Gasteiger partial charge on any atom is 0.129 e. The third kappa shape index (κ3) is 3.11. The van der Waals surface area contributed by atoms with Crippen molar-refractivity contribution >= 4 is 27.8 Å². The van der Waals surface area contributed by atoms with Gasteiger partial charge in [-0.1, -0.05) is 28.4 Å². The van der Waals surface area contributed by atoms with Crippen molar-refractivity contribution < 1.29 is 0 Å². The predicted octanol–water partition coefficient (Wildman–Crippen LogP) is 2.47. The van der Waals surface area contributed by atoms with E-state index in [2.05, 4.69) is 21.3 Å². The molecule has 1 aliphatic heterocycles. The zero-order valence-electron chi connectivity index (χ0n) is 8.43. The second-order valence-corrected chi connectivity index (χ2v) is 5.44. The molecule has 0 saturated heterocycles. The Morgan fingerprint density at radius 3 is 3.07 bits per heavy atom. The number of pyridine rings is 1. The van der Waals surface area contributed by atoms with E-state index in [1.165, 1.54) is 0 Å². The van der Waals surface area contributed by atoms with Crippen LogP contribution in [0, 0.1) is 0 Å². The lowest BCUT2D eigenvalue weighted by Gasteiger charge is -1.98. The van der Waals surface area contributed by atoms with E-state index in [0.717, 1.165) is 11.3 Å². The van der Waals surface area contributed by atoms with Gasteiger partial charge in [-0.25, -0.2) is 4.98 Å². The molecule has 0 aromatic carbocycles. The van der Waals surface area contributed by atoms with E-state index in [1.54, 1.807) is 12.3 Å². The van der Waals surface area contributed by atoms with Crippen LogP contribution in [-0.4, -0.2) is 22.3 Å². The molecule has 0 fully saturated rings. The highest BCUT2D eigenvalue weighted by Gasteiger charge is 2.08. The van der Waals surface area contributed by atoms with Gasteiger partial charge in [-0.15, -0.1) is 0 Å². The second-order valence-electron chi connectivity index (χ2n) is 3.45. The van der Waals surface area contributed by atoms with Crippen LogP contribution < -0.4 is 0 Å². The molecule has 0 saturated carbocycles. The van der Waals surface area contributed by atoms with Gasteiger partial charge in [-0.3, -0.25) is 9.36 Å². The molecule has 15 heavy (non-hydrogen) atoms. The smallest absolute Gasteiger partial charge is 0.129 e. The number of nitrogens with zero attached hydrogens (tertiary/aromatic N) is 3. The zero-order chi connectivity index (χ0) is 10.7. The molecule has 2 rings (SSSR count). The highest BCUT2D eigenvalue weighted by molar-refractivity contribution is 8.00. The third-order valence-electron chi connectivity index (χ3n) is 2.05. The minimum Gasteiger partial charge on any atom is -0.281 e. The molecule has 1 aromatic heterocycles. The van der Waals surface area contributed by atoms with Gasteiger partial charge in [0.25, 0.3) is 0 Å². The van der Waals surface area contributed by atoms with Gasteiger partial charge in [0.05, 0.1) is 18.1 Å². The van der Waals surface area contributed by atoms with Crippen LogP contribution in [0.1, 0.15) is 12.5 Å².